The van der Waals surface area contributed by atoms with Gasteiger partial charge in [-0.15, -0.1) is 11.3 Å². The molecule has 2 heterocycles. The molecule has 0 atom stereocenters. The zero-order valence-corrected chi connectivity index (χ0v) is 13.7. The fraction of sp³-hybridized carbons (Fsp3) is 0.294. The summed E-state index contributed by atoms with van der Waals surface area (Å²) < 4.78 is 7.01. The maximum Gasteiger partial charge on any atom is 0.311 e. The molecule has 0 bridgehead atoms. The number of carbonyl (C=O) groups is 1. The van der Waals surface area contributed by atoms with E-state index in [2.05, 4.69) is 37.0 Å². The van der Waals surface area contributed by atoms with E-state index in [0.29, 0.717) is 6.61 Å². The van der Waals surface area contributed by atoms with Crippen LogP contribution < -0.4 is 0 Å². The molecule has 3 aromatic rings. The van der Waals surface area contributed by atoms with E-state index in [-0.39, 0.29) is 12.4 Å². The smallest absolute Gasteiger partial charge is 0.311 e. The fourth-order valence-corrected chi connectivity index (χ4v) is 3.33. The molecule has 0 amide bonds. The van der Waals surface area contributed by atoms with E-state index in [0.717, 1.165) is 21.9 Å². The molecule has 1 aromatic carbocycles. The molecule has 0 aliphatic heterocycles. The predicted molar refractivity (Wildman–Crippen MR) is 88.3 cm³/mol. The van der Waals surface area contributed by atoms with Crippen molar-refractivity contribution in [2.75, 3.05) is 6.61 Å². The molecular formula is C17H18N2O2S. The number of nitrogens with zero attached hydrogens (tertiary/aromatic N) is 2. The minimum atomic E-state index is -0.204. The highest BCUT2D eigenvalue weighted by molar-refractivity contribution is 7.15. The highest BCUT2D eigenvalue weighted by Crippen LogP contribution is 2.27. The number of aromatic nitrogens is 2. The van der Waals surface area contributed by atoms with E-state index in [1.165, 1.54) is 11.1 Å². The number of aryl methyl sites for hydroxylation is 2. The van der Waals surface area contributed by atoms with E-state index in [4.69, 9.17) is 4.74 Å². The first-order valence-corrected chi connectivity index (χ1v) is 8.15. The summed E-state index contributed by atoms with van der Waals surface area (Å²) in [6.07, 6.45) is 2.28. The lowest BCUT2D eigenvalue weighted by Gasteiger charge is -2.03. The van der Waals surface area contributed by atoms with Gasteiger partial charge in [0, 0.05) is 22.8 Å². The molecule has 3 rings (SSSR count). The van der Waals surface area contributed by atoms with Crippen LogP contribution in [0.2, 0.25) is 0 Å². The summed E-state index contributed by atoms with van der Waals surface area (Å²) in [7, 11) is 0. The monoisotopic (exact) mass is 314 g/mol. The van der Waals surface area contributed by atoms with Gasteiger partial charge >= 0.3 is 5.97 Å². The van der Waals surface area contributed by atoms with Crippen molar-refractivity contribution in [3.8, 4) is 11.3 Å². The number of fused-ring (bicyclic) bond motifs is 1. The van der Waals surface area contributed by atoms with Crippen LogP contribution in [0.5, 0.6) is 0 Å². The molecule has 114 valence electrons. The van der Waals surface area contributed by atoms with Gasteiger partial charge in [0.15, 0.2) is 4.96 Å². The maximum absolute atomic E-state index is 11.7. The first-order valence-electron chi connectivity index (χ1n) is 7.27. The molecule has 22 heavy (non-hydrogen) atoms. The summed E-state index contributed by atoms with van der Waals surface area (Å²) in [5, 5.41) is 1.96. The molecular weight excluding hydrogens is 296 g/mol. The van der Waals surface area contributed by atoms with Crippen LogP contribution >= 0.6 is 11.3 Å². The standard InChI is InChI=1S/C17H18N2O2S/c1-4-21-16(20)8-13-10-22-17-18-15(9-19(13)17)14-7-11(2)5-6-12(14)3/h5-7,9-10H,4,8H2,1-3H3. The van der Waals surface area contributed by atoms with Gasteiger partial charge in [-0.2, -0.15) is 0 Å². The molecule has 0 spiro atoms. The second-order valence-corrected chi connectivity index (χ2v) is 6.14. The molecule has 0 N–H and O–H groups in total. The van der Waals surface area contributed by atoms with Gasteiger partial charge in [0.25, 0.3) is 0 Å². The Kier molecular flexibility index (Phi) is 3.98. The Morgan fingerprint density at radius 2 is 2.18 bits per heavy atom. The summed E-state index contributed by atoms with van der Waals surface area (Å²) in [6.45, 7) is 6.38. The minimum Gasteiger partial charge on any atom is -0.466 e. The number of hydrogen-bond donors (Lipinski definition) is 0. The fourth-order valence-electron chi connectivity index (χ4n) is 2.46. The molecule has 0 radical (unpaired) electrons. The normalized spacial score (nSPS) is 11.0. The van der Waals surface area contributed by atoms with Crippen LogP contribution in [0.3, 0.4) is 0 Å². The first-order chi connectivity index (χ1) is 10.6. The van der Waals surface area contributed by atoms with E-state index in [9.17, 15) is 4.79 Å². The molecule has 0 saturated carbocycles. The highest BCUT2D eigenvalue weighted by atomic mass is 32.1. The summed E-state index contributed by atoms with van der Waals surface area (Å²) in [6, 6.07) is 6.36. The van der Waals surface area contributed by atoms with Crippen molar-refractivity contribution in [3.63, 3.8) is 0 Å². The molecule has 2 aromatic heterocycles. The summed E-state index contributed by atoms with van der Waals surface area (Å²) in [5.41, 5.74) is 5.41. The molecule has 0 unspecified atom stereocenters. The number of carbonyl (C=O) groups excluding carboxylic acids is 1. The van der Waals surface area contributed by atoms with Crippen molar-refractivity contribution in [1.82, 2.24) is 9.38 Å². The van der Waals surface area contributed by atoms with Gasteiger partial charge < -0.3 is 4.74 Å². The Hall–Kier alpha value is -2.14. The van der Waals surface area contributed by atoms with Crippen molar-refractivity contribution < 1.29 is 9.53 Å². The van der Waals surface area contributed by atoms with E-state index >= 15 is 0 Å². The van der Waals surface area contributed by atoms with Gasteiger partial charge in [-0.25, -0.2) is 4.98 Å². The molecule has 5 heteroatoms. The largest absolute Gasteiger partial charge is 0.466 e. The lowest BCUT2D eigenvalue weighted by atomic mass is 10.0. The van der Waals surface area contributed by atoms with Gasteiger partial charge in [-0.1, -0.05) is 17.7 Å². The van der Waals surface area contributed by atoms with Crippen LogP contribution in [0.15, 0.2) is 29.8 Å². The Bertz CT molecular complexity index is 832. The van der Waals surface area contributed by atoms with Gasteiger partial charge in [-0.3, -0.25) is 9.20 Å². The number of benzene rings is 1. The summed E-state index contributed by atoms with van der Waals surface area (Å²) in [4.78, 5) is 17.3. The zero-order chi connectivity index (χ0) is 15.7. The highest BCUT2D eigenvalue weighted by Gasteiger charge is 2.14. The van der Waals surface area contributed by atoms with Crippen molar-refractivity contribution >= 4 is 22.3 Å². The van der Waals surface area contributed by atoms with E-state index < -0.39 is 0 Å². The number of rotatable bonds is 4. The third kappa shape index (κ3) is 2.76. The van der Waals surface area contributed by atoms with E-state index in [1.807, 2.05) is 22.9 Å². The van der Waals surface area contributed by atoms with Crippen LogP contribution in [0.4, 0.5) is 0 Å². The quantitative estimate of drug-likeness (QED) is 0.688. The Balaban J connectivity index is 1.98. The third-order valence-electron chi connectivity index (χ3n) is 3.58. The molecule has 4 nitrogen and oxygen atoms in total. The van der Waals surface area contributed by atoms with Crippen LogP contribution in [-0.4, -0.2) is 22.0 Å². The van der Waals surface area contributed by atoms with Crippen molar-refractivity contribution in [3.05, 3.63) is 46.6 Å². The minimum absolute atomic E-state index is 0.204. The molecule has 0 aliphatic rings. The van der Waals surface area contributed by atoms with Crippen LogP contribution in [-0.2, 0) is 16.0 Å². The second kappa shape index (κ2) is 5.93. The van der Waals surface area contributed by atoms with Crippen LogP contribution in [0.1, 0.15) is 23.7 Å². The molecule has 0 saturated heterocycles. The molecule has 0 fully saturated rings. The lowest BCUT2D eigenvalue weighted by Crippen LogP contribution is -2.08. The van der Waals surface area contributed by atoms with Crippen LogP contribution in [0.25, 0.3) is 16.2 Å². The average molecular weight is 314 g/mol. The Labute approximate surface area is 133 Å². The summed E-state index contributed by atoms with van der Waals surface area (Å²) >= 11 is 1.54. The van der Waals surface area contributed by atoms with Gasteiger partial charge in [-0.05, 0) is 32.4 Å². The SMILES string of the molecule is CCOC(=O)Cc1csc2nc(-c3cc(C)ccc3C)cn12. The summed E-state index contributed by atoms with van der Waals surface area (Å²) in [5.74, 6) is -0.204. The predicted octanol–water partition coefficient (Wildman–Crippen LogP) is 3.79. The number of imidazole rings is 1. The number of esters is 1. The van der Waals surface area contributed by atoms with E-state index in [1.54, 1.807) is 11.3 Å². The Morgan fingerprint density at radius 3 is 2.95 bits per heavy atom. The number of hydrogen-bond acceptors (Lipinski definition) is 4. The van der Waals surface area contributed by atoms with Gasteiger partial charge in [0.2, 0.25) is 0 Å². The van der Waals surface area contributed by atoms with Gasteiger partial charge in [0.05, 0.1) is 18.7 Å². The number of thiazole rings is 1. The number of ether oxygens (including phenoxy) is 1. The first kappa shape index (κ1) is 14.8. The van der Waals surface area contributed by atoms with Gasteiger partial charge in [0.1, 0.15) is 0 Å². The van der Waals surface area contributed by atoms with Crippen molar-refractivity contribution in [1.29, 1.82) is 0 Å². The molecule has 0 aliphatic carbocycles. The second-order valence-electron chi connectivity index (χ2n) is 5.31. The van der Waals surface area contributed by atoms with Crippen molar-refractivity contribution in [2.24, 2.45) is 0 Å². The van der Waals surface area contributed by atoms with Crippen molar-refractivity contribution in [2.45, 2.75) is 27.2 Å². The maximum atomic E-state index is 11.7. The lowest BCUT2D eigenvalue weighted by molar-refractivity contribution is -0.142. The Morgan fingerprint density at radius 1 is 1.36 bits per heavy atom. The topological polar surface area (TPSA) is 43.6 Å². The van der Waals surface area contributed by atoms with Crippen LogP contribution in [0, 0.1) is 13.8 Å². The third-order valence-corrected chi connectivity index (χ3v) is 4.47. The zero-order valence-electron chi connectivity index (χ0n) is 12.9. The average Bonchev–Trinajstić information content (AvgIpc) is 3.04.